The minimum absolute atomic E-state index is 0.0729. The Balaban J connectivity index is 2.45. The number of aryl methyl sites for hydroxylation is 2. The van der Waals surface area contributed by atoms with Gasteiger partial charge in [0.1, 0.15) is 5.75 Å². The monoisotopic (exact) mass is 244 g/mol. The number of hydrogen-bond donors (Lipinski definition) is 1. The van der Waals surface area contributed by atoms with Crippen LogP contribution in [0, 0.1) is 13.8 Å². The van der Waals surface area contributed by atoms with Crippen molar-refractivity contribution >= 4 is 0 Å². The van der Waals surface area contributed by atoms with Crippen molar-refractivity contribution in [3.05, 3.63) is 41.2 Å². The van der Waals surface area contributed by atoms with Crippen molar-refractivity contribution in [2.45, 2.75) is 20.5 Å². The van der Waals surface area contributed by atoms with E-state index < -0.39 is 0 Å². The van der Waals surface area contributed by atoms with Gasteiger partial charge in [0.2, 0.25) is 0 Å². The summed E-state index contributed by atoms with van der Waals surface area (Å²) in [6.07, 6.45) is 1.73. The van der Waals surface area contributed by atoms with E-state index in [9.17, 15) is 5.11 Å². The number of hydrogen-bond acceptors (Lipinski definition) is 4. The molecule has 4 nitrogen and oxygen atoms in total. The molecule has 0 saturated carbocycles. The summed E-state index contributed by atoms with van der Waals surface area (Å²) < 4.78 is 5.22. The second kappa shape index (κ2) is 5.14. The summed E-state index contributed by atoms with van der Waals surface area (Å²) in [6.45, 7) is 3.79. The molecule has 1 heterocycles. The zero-order chi connectivity index (χ0) is 13.1. The SMILES string of the molecule is COc1ccc(-c2ncc(C)c(CO)n2)cc1C. The van der Waals surface area contributed by atoms with E-state index in [-0.39, 0.29) is 6.61 Å². The number of aliphatic hydroxyl groups excluding tert-OH is 1. The maximum atomic E-state index is 9.22. The van der Waals surface area contributed by atoms with Crippen LogP contribution in [0.3, 0.4) is 0 Å². The summed E-state index contributed by atoms with van der Waals surface area (Å²) in [5, 5.41) is 9.22. The molecular weight excluding hydrogens is 228 g/mol. The highest BCUT2D eigenvalue weighted by Crippen LogP contribution is 2.24. The molecule has 0 spiro atoms. The van der Waals surface area contributed by atoms with Gasteiger partial charge in [0.15, 0.2) is 5.82 Å². The number of ether oxygens (including phenoxy) is 1. The van der Waals surface area contributed by atoms with Crippen molar-refractivity contribution in [1.82, 2.24) is 9.97 Å². The topological polar surface area (TPSA) is 55.2 Å². The minimum atomic E-state index is -0.0729. The van der Waals surface area contributed by atoms with Gasteiger partial charge < -0.3 is 9.84 Å². The van der Waals surface area contributed by atoms with Crippen LogP contribution in [-0.4, -0.2) is 22.2 Å². The summed E-state index contributed by atoms with van der Waals surface area (Å²) in [4.78, 5) is 8.65. The number of aliphatic hydroxyl groups is 1. The molecule has 0 amide bonds. The second-order valence-corrected chi connectivity index (χ2v) is 4.17. The van der Waals surface area contributed by atoms with Crippen molar-refractivity contribution in [3.63, 3.8) is 0 Å². The summed E-state index contributed by atoms with van der Waals surface area (Å²) >= 11 is 0. The summed E-state index contributed by atoms with van der Waals surface area (Å²) in [6, 6.07) is 5.79. The van der Waals surface area contributed by atoms with E-state index in [1.54, 1.807) is 13.3 Å². The average molecular weight is 244 g/mol. The molecule has 0 bridgehead atoms. The van der Waals surface area contributed by atoms with E-state index in [1.165, 1.54) is 0 Å². The van der Waals surface area contributed by atoms with Crippen molar-refractivity contribution in [3.8, 4) is 17.1 Å². The molecule has 0 atom stereocenters. The van der Waals surface area contributed by atoms with Gasteiger partial charge in [0.25, 0.3) is 0 Å². The molecule has 0 fully saturated rings. The van der Waals surface area contributed by atoms with Crippen molar-refractivity contribution in [2.24, 2.45) is 0 Å². The Labute approximate surface area is 106 Å². The number of rotatable bonds is 3. The van der Waals surface area contributed by atoms with Crippen LogP contribution < -0.4 is 4.74 Å². The van der Waals surface area contributed by atoms with E-state index in [1.807, 2.05) is 32.0 Å². The fraction of sp³-hybridized carbons (Fsp3) is 0.286. The van der Waals surface area contributed by atoms with Crippen LogP contribution >= 0.6 is 0 Å². The zero-order valence-electron chi connectivity index (χ0n) is 10.8. The molecule has 0 aliphatic heterocycles. The van der Waals surface area contributed by atoms with Crippen LogP contribution in [0.15, 0.2) is 24.4 Å². The third-order valence-electron chi connectivity index (χ3n) is 2.88. The van der Waals surface area contributed by atoms with Crippen LogP contribution in [0.4, 0.5) is 0 Å². The molecule has 0 radical (unpaired) electrons. The fourth-order valence-electron chi connectivity index (χ4n) is 1.79. The molecule has 1 aromatic heterocycles. The maximum Gasteiger partial charge on any atom is 0.159 e. The highest BCUT2D eigenvalue weighted by atomic mass is 16.5. The van der Waals surface area contributed by atoms with Crippen molar-refractivity contribution in [2.75, 3.05) is 7.11 Å². The van der Waals surface area contributed by atoms with E-state index in [4.69, 9.17) is 4.74 Å². The Kier molecular flexibility index (Phi) is 3.58. The first-order valence-electron chi connectivity index (χ1n) is 5.74. The Morgan fingerprint density at radius 2 is 2.00 bits per heavy atom. The van der Waals surface area contributed by atoms with Gasteiger partial charge in [-0.2, -0.15) is 0 Å². The van der Waals surface area contributed by atoms with Gasteiger partial charge in [-0.15, -0.1) is 0 Å². The van der Waals surface area contributed by atoms with E-state index in [0.29, 0.717) is 11.5 Å². The van der Waals surface area contributed by atoms with Gasteiger partial charge in [-0.05, 0) is 43.2 Å². The van der Waals surface area contributed by atoms with Gasteiger partial charge in [-0.25, -0.2) is 9.97 Å². The first kappa shape index (κ1) is 12.5. The predicted molar refractivity (Wildman–Crippen MR) is 69.4 cm³/mol. The third-order valence-corrected chi connectivity index (χ3v) is 2.88. The Morgan fingerprint density at radius 3 is 2.61 bits per heavy atom. The van der Waals surface area contributed by atoms with Crippen LogP contribution in [0.25, 0.3) is 11.4 Å². The standard InChI is InChI=1S/C14H16N2O2/c1-9-6-11(4-5-13(9)18-3)14-15-7-10(2)12(8-17)16-14/h4-7,17H,8H2,1-3H3. The van der Waals surface area contributed by atoms with E-state index in [0.717, 1.165) is 22.4 Å². The molecule has 94 valence electrons. The van der Waals surface area contributed by atoms with Crippen molar-refractivity contribution in [1.29, 1.82) is 0 Å². The number of benzene rings is 1. The van der Waals surface area contributed by atoms with Gasteiger partial charge in [0.05, 0.1) is 19.4 Å². The molecule has 4 heteroatoms. The van der Waals surface area contributed by atoms with Crippen LogP contribution in [0.2, 0.25) is 0 Å². The lowest BCUT2D eigenvalue weighted by atomic mass is 10.1. The van der Waals surface area contributed by atoms with Crippen LogP contribution in [0.5, 0.6) is 5.75 Å². The number of nitrogens with zero attached hydrogens (tertiary/aromatic N) is 2. The quantitative estimate of drug-likeness (QED) is 0.899. The highest BCUT2D eigenvalue weighted by molar-refractivity contribution is 5.58. The highest BCUT2D eigenvalue weighted by Gasteiger charge is 2.07. The Hall–Kier alpha value is -1.94. The van der Waals surface area contributed by atoms with Gasteiger partial charge in [-0.1, -0.05) is 0 Å². The number of aromatic nitrogens is 2. The summed E-state index contributed by atoms with van der Waals surface area (Å²) in [7, 11) is 1.65. The van der Waals surface area contributed by atoms with Crippen molar-refractivity contribution < 1.29 is 9.84 Å². The fourth-order valence-corrected chi connectivity index (χ4v) is 1.79. The lowest BCUT2D eigenvalue weighted by Gasteiger charge is -2.08. The van der Waals surface area contributed by atoms with Gasteiger partial charge in [0, 0.05) is 11.8 Å². The molecule has 2 aromatic rings. The zero-order valence-corrected chi connectivity index (χ0v) is 10.8. The van der Waals surface area contributed by atoms with Crippen LogP contribution in [-0.2, 0) is 6.61 Å². The first-order valence-corrected chi connectivity index (χ1v) is 5.74. The van der Waals surface area contributed by atoms with Crippen LogP contribution in [0.1, 0.15) is 16.8 Å². The molecule has 0 saturated heterocycles. The maximum absolute atomic E-state index is 9.22. The molecule has 1 aromatic carbocycles. The normalized spacial score (nSPS) is 10.4. The molecular formula is C14H16N2O2. The lowest BCUT2D eigenvalue weighted by Crippen LogP contribution is -1.99. The molecule has 0 aliphatic rings. The summed E-state index contributed by atoms with van der Waals surface area (Å²) in [5.41, 5.74) is 3.51. The molecule has 0 unspecified atom stereocenters. The third kappa shape index (κ3) is 2.33. The summed E-state index contributed by atoms with van der Waals surface area (Å²) in [5.74, 6) is 1.46. The average Bonchev–Trinajstić information content (AvgIpc) is 2.39. The largest absolute Gasteiger partial charge is 0.496 e. The molecule has 18 heavy (non-hydrogen) atoms. The lowest BCUT2D eigenvalue weighted by molar-refractivity contribution is 0.276. The molecule has 0 aliphatic carbocycles. The van der Waals surface area contributed by atoms with E-state index in [2.05, 4.69) is 9.97 Å². The molecule has 2 rings (SSSR count). The predicted octanol–water partition coefficient (Wildman–Crippen LogP) is 2.26. The molecule has 1 N–H and O–H groups in total. The van der Waals surface area contributed by atoms with Gasteiger partial charge in [-0.3, -0.25) is 0 Å². The Bertz CT molecular complexity index is 568. The second-order valence-electron chi connectivity index (χ2n) is 4.17. The van der Waals surface area contributed by atoms with E-state index >= 15 is 0 Å². The Morgan fingerprint density at radius 1 is 1.22 bits per heavy atom. The minimum Gasteiger partial charge on any atom is -0.496 e. The smallest absolute Gasteiger partial charge is 0.159 e. The van der Waals surface area contributed by atoms with Gasteiger partial charge >= 0.3 is 0 Å². The first-order chi connectivity index (χ1) is 8.65. The number of methoxy groups -OCH3 is 1.